The number of pyridine rings is 2. The van der Waals surface area contributed by atoms with E-state index in [9.17, 15) is 5.26 Å². The summed E-state index contributed by atoms with van der Waals surface area (Å²) in [4.78, 5) is 13.8. The summed E-state index contributed by atoms with van der Waals surface area (Å²) in [6.07, 6.45) is 2.03. The Hall–Kier alpha value is -3.21. The molecule has 3 aromatic rings. The third-order valence-electron chi connectivity index (χ3n) is 6.41. The molecule has 7 heteroatoms. The predicted molar refractivity (Wildman–Crippen MR) is 131 cm³/mol. The first-order chi connectivity index (χ1) is 16.0. The van der Waals surface area contributed by atoms with E-state index >= 15 is 0 Å². The highest BCUT2D eigenvalue weighted by molar-refractivity contribution is 5.95. The van der Waals surface area contributed by atoms with Crippen molar-refractivity contribution in [1.82, 2.24) is 14.9 Å². The van der Waals surface area contributed by atoms with E-state index in [-0.39, 0.29) is 12.2 Å². The lowest BCUT2D eigenvalue weighted by atomic mass is 10.0. The maximum Gasteiger partial charge on any atom is 0.101 e. The molecule has 2 atom stereocenters. The van der Waals surface area contributed by atoms with Crippen molar-refractivity contribution >= 4 is 22.3 Å². The van der Waals surface area contributed by atoms with Gasteiger partial charge in [-0.3, -0.25) is 14.9 Å². The molecule has 2 unspecified atom stereocenters. The minimum absolute atomic E-state index is 0.141. The number of fused-ring (bicyclic) bond motifs is 1. The Labute approximate surface area is 195 Å². The highest BCUT2D eigenvalue weighted by Gasteiger charge is 2.33. The van der Waals surface area contributed by atoms with E-state index in [4.69, 9.17) is 4.74 Å². The summed E-state index contributed by atoms with van der Waals surface area (Å²) in [5.74, 6) is 0. The van der Waals surface area contributed by atoms with Gasteiger partial charge in [0.25, 0.3) is 0 Å². The number of benzene rings is 1. The van der Waals surface area contributed by atoms with Crippen molar-refractivity contribution in [3.63, 3.8) is 0 Å². The number of aromatic nitrogens is 2. The molecule has 0 spiro atoms. The van der Waals surface area contributed by atoms with Crippen LogP contribution in [0.5, 0.6) is 0 Å². The summed E-state index contributed by atoms with van der Waals surface area (Å²) < 4.78 is 6.31. The molecule has 0 aliphatic carbocycles. The Bertz CT molecular complexity index is 1180. The van der Waals surface area contributed by atoms with Crippen molar-refractivity contribution in [3.05, 3.63) is 59.5 Å². The zero-order valence-electron chi connectivity index (χ0n) is 19.5. The first kappa shape index (κ1) is 21.6. The summed E-state index contributed by atoms with van der Waals surface area (Å²) in [6.45, 7) is 10.8. The fourth-order valence-electron chi connectivity index (χ4n) is 5.12. The van der Waals surface area contributed by atoms with Gasteiger partial charge in [0.1, 0.15) is 6.07 Å². The van der Waals surface area contributed by atoms with E-state index in [0.717, 1.165) is 66.4 Å². The summed E-state index contributed by atoms with van der Waals surface area (Å²) in [5, 5.41) is 14.1. The maximum atomic E-state index is 9.46. The van der Waals surface area contributed by atoms with Crippen LogP contribution in [0.2, 0.25) is 0 Å². The molecule has 2 aliphatic rings. The maximum absolute atomic E-state index is 9.46. The van der Waals surface area contributed by atoms with Crippen molar-refractivity contribution in [2.24, 2.45) is 0 Å². The molecule has 7 nitrogen and oxygen atoms in total. The Morgan fingerprint density at radius 2 is 1.91 bits per heavy atom. The molecule has 2 aliphatic heterocycles. The van der Waals surface area contributed by atoms with Gasteiger partial charge in [-0.05, 0) is 57.2 Å². The van der Waals surface area contributed by atoms with Crippen LogP contribution in [0.15, 0.2) is 42.6 Å². The molecule has 1 N–H and O–H groups in total. The zero-order valence-corrected chi connectivity index (χ0v) is 19.5. The smallest absolute Gasteiger partial charge is 0.101 e. The number of likely N-dealkylation sites (tertiary alicyclic amines) is 1. The van der Waals surface area contributed by atoms with Gasteiger partial charge in [0.15, 0.2) is 0 Å². The van der Waals surface area contributed by atoms with Crippen LogP contribution in [-0.4, -0.2) is 65.8 Å². The summed E-state index contributed by atoms with van der Waals surface area (Å²) in [7, 11) is 0. The summed E-state index contributed by atoms with van der Waals surface area (Å²) in [6, 6.07) is 14.9. The average molecular weight is 443 g/mol. The number of nitrogens with one attached hydrogen (secondary N) is 1. The van der Waals surface area contributed by atoms with E-state index in [1.54, 1.807) is 6.20 Å². The number of aryl methyl sites for hydroxylation is 2. The SMILES string of the molecule is Cc1cc(NC2CN(CC3CN(c4ccc(C#N)c5ncccc45)CC(C)O3)C2)cc(C)n1. The van der Waals surface area contributed by atoms with Gasteiger partial charge in [0, 0.05) is 67.1 Å². The molecule has 170 valence electrons. The van der Waals surface area contributed by atoms with Gasteiger partial charge >= 0.3 is 0 Å². The van der Waals surface area contributed by atoms with Crippen LogP contribution in [0.25, 0.3) is 10.9 Å². The molecule has 0 amide bonds. The molecule has 2 aromatic heterocycles. The standard InChI is InChI=1S/C26H30N6O/c1-17-9-21(10-18(2)29-17)30-22-13-31(14-22)15-23-16-32(12-19(3)33-23)25-7-6-20(11-27)26-24(25)5-4-8-28-26/h4-10,19,22-23H,12-16H2,1-3H3,(H,29,30). The number of rotatable bonds is 5. The largest absolute Gasteiger partial charge is 0.380 e. The van der Waals surface area contributed by atoms with Crippen LogP contribution in [-0.2, 0) is 4.74 Å². The highest BCUT2D eigenvalue weighted by atomic mass is 16.5. The predicted octanol–water partition coefficient (Wildman–Crippen LogP) is 3.51. The molecule has 0 saturated carbocycles. The van der Waals surface area contributed by atoms with Crippen LogP contribution in [0.4, 0.5) is 11.4 Å². The molecular formula is C26H30N6O. The summed E-state index contributed by atoms with van der Waals surface area (Å²) in [5.41, 5.74) is 5.76. The average Bonchev–Trinajstić information content (AvgIpc) is 2.76. The van der Waals surface area contributed by atoms with Crippen LogP contribution >= 0.6 is 0 Å². The fraction of sp³-hybridized carbons (Fsp3) is 0.423. The molecule has 1 aromatic carbocycles. The second-order valence-electron chi connectivity index (χ2n) is 9.32. The monoisotopic (exact) mass is 442 g/mol. The molecule has 2 saturated heterocycles. The molecule has 5 rings (SSSR count). The van der Waals surface area contributed by atoms with Gasteiger partial charge in [0.2, 0.25) is 0 Å². The number of morpholine rings is 1. The zero-order chi connectivity index (χ0) is 22.9. The Morgan fingerprint density at radius 1 is 1.12 bits per heavy atom. The highest BCUT2D eigenvalue weighted by Crippen LogP contribution is 2.30. The van der Waals surface area contributed by atoms with Crippen molar-refractivity contribution < 1.29 is 4.74 Å². The van der Waals surface area contributed by atoms with Crippen molar-refractivity contribution in [1.29, 1.82) is 5.26 Å². The molecular weight excluding hydrogens is 412 g/mol. The second-order valence-corrected chi connectivity index (χ2v) is 9.32. The lowest BCUT2D eigenvalue weighted by molar-refractivity contribution is -0.0418. The quantitative estimate of drug-likeness (QED) is 0.648. The van der Waals surface area contributed by atoms with Crippen LogP contribution in [0.1, 0.15) is 23.9 Å². The van der Waals surface area contributed by atoms with Gasteiger partial charge < -0.3 is 15.0 Å². The number of nitriles is 1. The Balaban J connectivity index is 1.23. The number of hydrogen-bond donors (Lipinski definition) is 1. The van der Waals surface area contributed by atoms with E-state index in [0.29, 0.717) is 11.6 Å². The number of ether oxygens (including phenoxy) is 1. The van der Waals surface area contributed by atoms with Crippen molar-refractivity contribution in [3.8, 4) is 6.07 Å². The molecule has 0 radical (unpaired) electrons. The van der Waals surface area contributed by atoms with E-state index < -0.39 is 0 Å². The van der Waals surface area contributed by atoms with Gasteiger partial charge in [-0.1, -0.05) is 0 Å². The first-order valence-corrected chi connectivity index (χ1v) is 11.6. The third kappa shape index (κ3) is 4.63. The molecule has 4 heterocycles. The fourth-order valence-corrected chi connectivity index (χ4v) is 5.12. The van der Waals surface area contributed by atoms with Gasteiger partial charge in [-0.15, -0.1) is 0 Å². The number of anilines is 2. The van der Waals surface area contributed by atoms with Crippen LogP contribution in [0.3, 0.4) is 0 Å². The van der Waals surface area contributed by atoms with Crippen molar-refractivity contribution in [2.45, 2.75) is 39.0 Å². The third-order valence-corrected chi connectivity index (χ3v) is 6.41. The topological polar surface area (TPSA) is 77.3 Å². The van der Waals surface area contributed by atoms with E-state index in [2.05, 4.69) is 62.3 Å². The van der Waals surface area contributed by atoms with Gasteiger partial charge in [-0.2, -0.15) is 5.26 Å². The minimum Gasteiger partial charge on any atom is -0.380 e. The lowest BCUT2D eigenvalue weighted by Crippen LogP contribution is -2.59. The number of nitrogens with zero attached hydrogens (tertiary/aromatic N) is 5. The lowest BCUT2D eigenvalue weighted by Gasteiger charge is -2.45. The normalized spacial score (nSPS) is 21.6. The summed E-state index contributed by atoms with van der Waals surface area (Å²) >= 11 is 0. The number of hydrogen-bond acceptors (Lipinski definition) is 7. The van der Waals surface area contributed by atoms with Gasteiger partial charge in [-0.25, -0.2) is 0 Å². The Morgan fingerprint density at radius 3 is 2.67 bits per heavy atom. The van der Waals surface area contributed by atoms with Crippen LogP contribution < -0.4 is 10.2 Å². The molecule has 0 bridgehead atoms. The van der Waals surface area contributed by atoms with Crippen LogP contribution in [0, 0.1) is 25.2 Å². The van der Waals surface area contributed by atoms with E-state index in [1.807, 2.05) is 26.0 Å². The second kappa shape index (κ2) is 8.97. The Kier molecular flexibility index (Phi) is 5.88. The van der Waals surface area contributed by atoms with E-state index in [1.165, 1.54) is 0 Å². The molecule has 2 fully saturated rings. The minimum atomic E-state index is 0.141. The van der Waals surface area contributed by atoms with Crippen molar-refractivity contribution in [2.75, 3.05) is 42.9 Å². The first-order valence-electron chi connectivity index (χ1n) is 11.6. The van der Waals surface area contributed by atoms with Gasteiger partial charge in [0.05, 0.1) is 29.3 Å². The molecule has 33 heavy (non-hydrogen) atoms.